The van der Waals surface area contributed by atoms with Gasteiger partial charge >= 0.3 is 22.4 Å². The molecule has 4 heteroatoms. The van der Waals surface area contributed by atoms with Crippen LogP contribution >= 0.6 is 0 Å². The number of hydrogen-bond acceptors (Lipinski definition) is 1. The van der Waals surface area contributed by atoms with E-state index in [1.54, 1.807) is 0 Å². The molecule has 8 rings (SSSR count). The Morgan fingerprint density at radius 2 is 1.20 bits per heavy atom. The Balaban J connectivity index is 0.00000480. The normalized spacial score (nSPS) is 12.3. The molecule has 0 aliphatic carbocycles. The molecule has 0 N–H and O–H groups in total. The Labute approximate surface area is 350 Å². The van der Waals surface area contributed by atoms with Crippen molar-refractivity contribution in [1.29, 1.82) is 0 Å². The minimum Gasteiger partial charge on any atom is -0.658 e. The van der Waals surface area contributed by atoms with Gasteiger partial charge in [0.15, 0.2) is 0 Å². The van der Waals surface area contributed by atoms with Gasteiger partial charge in [-0.1, -0.05) is 171 Å². The summed E-state index contributed by atoms with van der Waals surface area (Å²) in [5.74, 6) is 0. The second kappa shape index (κ2) is 15.2. The molecule has 0 fully saturated rings. The zero-order valence-corrected chi connectivity index (χ0v) is 36.1. The Kier molecular flexibility index (Phi) is 10.7. The summed E-state index contributed by atoms with van der Waals surface area (Å²) in [6, 6.07) is 53.4. The quantitative estimate of drug-likeness (QED) is 0.125. The zero-order chi connectivity index (χ0) is 38.6. The number of aryl methyl sites for hydroxylation is 3. The standard InChI is InChI=1S/C52H48BN2.Au/c1-33-28-34(2)49(35(3)29-33)53-44-15-10-11-17-48(44)55-50-43(14-12-16-45(50)53)47-19-13-18-46(54-47)40-31-38(36-20-24-41(25-21-36)51(4,5)6)30-39(32-40)37-22-26-42(27-23-37)52(7,8)9;/h10-22,24-31H,1-9H3;/q-3;+3. The van der Waals surface area contributed by atoms with Gasteiger partial charge in [-0.2, -0.15) is 35.9 Å². The van der Waals surface area contributed by atoms with Crippen molar-refractivity contribution in [2.45, 2.75) is 73.1 Å². The van der Waals surface area contributed by atoms with Gasteiger partial charge in [0.25, 0.3) is 0 Å². The molecule has 6 aromatic carbocycles. The third-order valence-corrected chi connectivity index (χ3v) is 11.1. The van der Waals surface area contributed by atoms with Gasteiger partial charge in [0.2, 0.25) is 6.71 Å². The minimum absolute atomic E-state index is 0. The second-order valence-corrected chi connectivity index (χ2v) is 17.3. The molecule has 1 aliphatic rings. The van der Waals surface area contributed by atoms with Gasteiger partial charge in [0, 0.05) is 5.69 Å². The summed E-state index contributed by atoms with van der Waals surface area (Å²) in [7, 11) is 0. The largest absolute Gasteiger partial charge is 3.00 e. The van der Waals surface area contributed by atoms with Gasteiger partial charge in [-0.3, -0.25) is 4.98 Å². The summed E-state index contributed by atoms with van der Waals surface area (Å²) in [6.07, 6.45) is 0. The van der Waals surface area contributed by atoms with E-state index in [2.05, 4.69) is 202 Å². The molecule has 7 aromatic rings. The number of fused-ring (bicyclic) bond motifs is 2. The summed E-state index contributed by atoms with van der Waals surface area (Å²) < 4.78 is 0. The Morgan fingerprint density at radius 3 is 1.88 bits per heavy atom. The molecular formula is C52H48AuBN2. The topological polar surface area (TPSA) is 27.0 Å². The third-order valence-electron chi connectivity index (χ3n) is 11.1. The fraction of sp³-hybridized carbons (Fsp3) is 0.212. The van der Waals surface area contributed by atoms with Gasteiger partial charge in [0.05, 0.1) is 5.69 Å². The second-order valence-electron chi connectivity index (χ2n) is 17.3. The zero-order valence-electron chi connectivity index (χ0n) is 33.9. The van der Waals surface area contributed by atoms with Crippen LogP contribution < -0.4 is 16.4 Å². The van der Waals surface area contributed by atoms with Gasteiger partial charge in [0.1, 0.15) is 0 Å². The molecule has 2 nitrogen and oxygen atoms in total. The number of nitrogens with zero attached hydrogens (tertiary/aromatic N) is 2. The number of rotatable bonds is 5. The van der Waals surface area contributed by atoms with Gasteiger partial charge in [-0.15, -0.1) is 34.6 Å². The van der Waals surface area contributed by atoms with Crippen LogP contribution in [0.15, 0.2) is 127 Å². The van der Waals surface area contributed by atoms with E-state index in [1.807, 2.05) is 0 Å². The Hall–Kier alpha value is -4.92. The van der Waals surface area contributed by atoms with Crippen LogP contribution in [0.5, 0.6) is 0 Å². The van der Waals surface area contributed by atoms with E-state index >= 15 is 0 Å². The van der Waals surface area contributed by atoms with Crippen LogP contribution in [-0.4, -0.2) is 11.7 Å². The van der Waals surface area contributed by atoms with E-state index in [0.29, 0.717) is 0 Å². The van der Waals surface area contributed by atoms with Crippen molar-refractivity contribution < 1.29 is 22.4 Å². The monoisotopic (exact) mass is 908 g/mol. The molecule has 2 heterocycles. The fourth-order valence-corrected chi connectivity index (χ4v) is 8.18. The van der Waals surface area contributed by atoms with Crippen LogP contribution in [0, 0.1) is 32.9 Å². The third kappa shape index (κ3) is 7.61. The van der Waals surface area contributed by atoms with E-state index in [9.17, 15) is 0 Å². The summed E-state index contributed by atoms with van der Waals surface area (Å²) in [5, 5.41) is 5.34. The van der Waals surface area contributed by atoms with Crippen molar-refractivity contribution in [2.24, 2.45) is 0 Å². The van der Waals surface area contributed by atoms with Crippen molar-refractivity contribution in [1.82, 2.24) is 4.98 Å². The van der Waals surface area contributed by atoms with E-state index in [-0.39, 0.29) is 39.9 Å². The summed E-state index contributed by atoms with van der Waals surface area (Å²) >= 11 is 0. The molecule has 280 valence electrons. The molecule has 0 saturated carbocycles. The van der Waals surface area contributed by atoms with Gasteiger partial charge in [-0.05, 0) is 54.4 Å². The summed E-state index contributed by atoms with van der Waals surface area (Å²) in [6.45, 7) is 20.2. The van der Waals surface area contributed by atoms with Crippen molar-refractivity contribution in [2.75, 3.05) is 0 Å². The average molecular weight is 909 g/mol. The smallest absolute Gasteiger partial charge is 0.658 e. The molecule has 0 bridgehead atoms. The average Bonchev–Trinajstić information content (AvgIpc) is 3.16. The predicted molar refractivity (Wildman–Crippen MR) is 235 cm³/mol. The first-order valence-corrected chi connectivity index (χ1v) is 19.4. The molecule has 0 atom stereocenters. The van der Waals surface area contributed by atoms with Crippen LogP contribution in [0.4, 0.5) is 11.4 Å². The van der Waals surface area contributed by atoms with Gasteiger partial charge in [-0.25, -0.2) is 5.56 Å². The molecule has 0 spiro atoms. The number of hydrogen-bond donors (Lipinski definition) is 0. The number of para-hydroxylation sites is 2. The number of aromatic nitrogens is 1. The van der Waals surface area contributed by atoms with Crippen molar-refractivity contribution in [3.63, 3.8) is 0 Å². The first kappa shape index (κ1) is 39.3. The molecule has 1 aliphatic heterocycles. The Morgan fingerprint density at radius 1 is 0.571 bits per heavy atom. The minimum atomic E-state index is 0. The number of pyridine rings is 1. The molecule has 1 aromatic heterocycles. The van der Waals surface area contributed by atoms with E-state index in [0.717, 1.165) is 56.1 Å². The van der Waals surface area contributed by atoms with E-state index < -0.39 is 0 Å². The maximum atomic E-state index is 5.38. The molecule has 56 heavy (non-hydrogen) atoms. The fourth-order valence-electron chi connectivity index (χ4n) is 8.18. The van der Waals surface area contributed by atoms with Crippen molar-refractivity contribution in [3.8, 4) is 44.8 Å². The Bertz CT molecular complexity index is 2460. The van der Waals surface area contributed by atoms with E-state index in [1.165, 1.54) is 44.2 Å². The summed E-state index contributed by atoms with van der Waals surface area (Å²) in [4.78, 5) is 5.38. The van der Waals surface area contributed by atoms with Crippen LogP contribution in [0.2, 0.25) is 0 Å². The number of benzene rings is 6. The van der Waals surface area contributed by atoms with Crippen molar-refractivity contribution >= 4 is 34.5 Å². The molecular weight excluding hydrogens is 860 g/mol. The molecule has 0 saturated heterocycles. The van der Waals surface area contributed by atoms with Gasteiger partial charge < -0.3 is 5.32 Å². The van der Waals surface area contributed by atoms with Crippen molar-refractivity contribution in [3.05, 3.63) is 173 Å². The summed E-state index contributed by atoms with van der Waals surface area (Å²) in [5.41, 5.74) is 20.4. The predicted octanol–water partition coefficient (Wildman–Crippen LogP) is 12.0. The van der Waals surface area contributed by atoms with E-state index in [4.69, 9.17) is 10.3 Å². The first-order valence-electron chi connectivity index (χ1n) is 19.4. The SMILES string of the molecule is Cc1cc(C)c(B2c3ccccc3[N-]c3c2cccc3-c2cccc(-c3[c-]c(-c4[c-]cc(C(C)(C)C)cc4)cc(-c4ccc(C(C)(C)C)cc4)c3)n2)c(C)c1.[Au+3]. The van der Waals surface area contributed by atoms with Crippen LogP contribution in [-0.2, 0) is 33.2 Å². The van der Waals surface area contributed by atoms with Crippen LogP contribution in [0.25, 0.3) is 50.1 Å². The first-order chi connectivity index (χ1) is 26.2. The molecule has 0 amide bonds. The van der Waals surface area contributed by atoms with Crippen LogP contribution in [0.1, 0.15) is 69.4 Å². The van der Waals surface area contributed by atoms with Crippen LogP contribution in [0.3, 0.4) is 0 Å². The molecule has 0 radical (unpaired) electrons. The maximum absolute atomic E-state index is 5.38. The molecule has 0 unspecified atom stereocenters. The maximum Gasteiger partial charge on any atom is 3.00 e.